The Morgan fingerprint density at radius 2 is 2.00 bits per heavy atom. The topological polar surface area (TPSA) is 49.4 Å². The van der Waals surface area contributed by atoms with Crippen molar-refractivity contribution in [3.05, 3.63) is 29.8 Å². The number of aryl methyl sites for hydroxylation is 1. The first-order valence-electron chi connectivity index (χ1n) is 6.68. The molecule has 106 valence electrons. The van der Waals surface area contributed by atoms with E-state index in [1.807, 2.05) is 7.05 Å². The number of anilines is 1. The van der Waals surface area contributed by atoms with Crippen LogP contribution >= 0.6 is 0 Å². The average Bonchev–Trinajstić information content (AvgIpc) is 2.36. The van der Waals surface area contributed by atoms with Crippen molar-refractivity contribution in [2.75, 3.05) is 36.5 Å². The van der Waals surface area contributed by atoms with Gasteiger partial charge in [-0.05, 0) is 25.5 Å². The van der Waals surface area contributed by atoms with Crippen LogP contribution < -0.4 is 10.2 Å². The van der Waals surface area contributed by atoms with Crippen LogP contribution in [0.25, 0.3) is 0 Å². The molecule has 1 saturated heterocycles. The molecule has 0 saturated carbocycles. The monoisotopic (exact) mass is 282 g/mol. The summed E-state index contributed by atoms with van der Waals surface area (Å²) >= 11 is 0. The van der Waals surface area contributed by atoms with Gasteiger partial charge in [-0.1, -0.05) is 17.7 Å². The highest BCUT2D eigenvalue weighted by atomic mass is 32.2. The van der Waals surface area contributed by atoms with Crippen LogP contribution in [0.1, 0.15) is 12.0 Å². The summed E-state index contributed by atoms with van der Waals surface area (Å²) in [5, 5.41) is 3.28. The van der Waals surface area contributed by atoms with Crippen LogP contribution in [-0.4, -0.2) is 46.1 Å². The van der Waals surface area contributed by atoms with E-state index in [9.17, 15) is 8.42 Å². The predicted molar refractivity (Wildman–Crippen MR) is 79.5 cm³/mol. The fourth-order valence-corrected chi connectivity index (χ4v) is 3.82. The van der Waals surface area contributed by atoms with Crippen LogP contribution in [0.4, 0.5) is 5.69 Å². The molecule has 1 N–H and O–H groups in total. The smallest absolute Gasteiger partial charge is 0.153 e. The van der Waals surface area contributed by atoms with Crippen molar-refractivity contribution in [3.63, 3.8) is 0 Å². The van der Waals surface area contributed by atoms with E-state index in [0.29, 0.717) is 6.54 Å². The molecule has 4 nitrogen and oxygen atoms in total. The molecule has 1 aliphatic heterocycles. The molecule has 19 heavy (non-hydrogen) atoms. The Kier molecular flexibility index (Phi) is 4.47. The number of sulfone groups is 1. The second-order valence-corrected chi connectivity index (χ2v) is 7.54. The Balaban J connectivity index is 1.86. The van der Waals surface area contributed by atoms with Crippen LogP contribution in [0.5, 0.6) is 0 Å². The molecule has 0 aromatic heterocycles. The maximum absolute atomic E-state index is 11.6. The molecular weight excluding hydrogens is 260 g/mol. The minimum Gasteiger partial charge on any atom is -0.375 e. The summed E-state index contributed by atoms with van der Waals surface area (Å²) in [5.41, 5.74) is 2.42. The normalized spacial score (nSPS) is 22.1. The first-order valence-corrected chi connectivity index (χ1v) is 8.50. The fraction of sp³-hybridized carbons (Fsp3) is 0.571. The molecule has 1 unspecified atom stereocenters. The van der Waals surface area contributed by atoms with Gasteiger partial charge in [0.05, 0.1) is 11.5 Å². The van der Waals surface area contributed by atoms with Crippen LogP contribution in [0.2, 0.25) is 0 Å². The van der Waals surface area contributed by atoms with Crippen molar-refractivity contribution in [2.24, 2.45) is 0 Å². The van der Waals surface area contributed by atoms with Crippen LogP contribution in [0, 0.1) is 6.92 Å². The summed E-state index contributed by atoms with van der Waals surface area (Å²) in [6, 6.07) is 8.47. The SMILES string of the molecule is Cc1ccc(N(C)CCC2CS(=O)(=O)CCN2)cc1. The van der Waals surface area contributed by atoms with Crippen molar-refractivity contribution >= 4 is 15.5 Å². The Morgan fingerprint density at radius 1 is 1.32 bits per heavy atom. The Labute approximate surface area is 115 Å². The fourth-order valence-electron chi connectivity index (χ4n) is 2.33. The van der Waals surface area contributed by atoms with E-state index in [-0.39, 0.29) is 17.5 Å². The molecule has 1 aromatic carbocycles. The number of benzene rings is 1. The molecule has 0 spiro atoms. The third-order valence-electron chi connectivity index (χ3n) is 3.59. The molecule has 0 aliphatic carbocycles. The van der Waals surface area contributed by atoms with Crippen molar-refractivity contribution in [1.29, 1.82) is 0 Å². The number of nitrogens with one attached hydrogen (secondary N) is 1. The minimum atomic E-state index is -2.83. The van der Waals surface area contributed by atoms with Gasteiger partial charge in [0.15, 0.2) is 9.84 Å². The van der Waals surface area contributed by atoms with Crippen LogP contribution in [0.15, 0.2) is 24.3 Å². The standard InChI is InChI=1S/C14H22N2O2S/c1-12-3-5-14(6-4-12)16(2)9-7-13-11-19(17,18)10-8-15-13/h3-6,13,15H,7-11H2,1-2H3. The van der Waals surface area contributed by atoms with E-state index >= 15 is 0 Å². The van der Waals surface area contributed by atoms with E-state index < -0.39 is 9.84 Å². The van der Waals surface area contributed by atoms with Crippen molar-refractivity contribution in [1.82, 2.24) is 5.32 Å². The summed E-state index contributed by atoms with van der Waals surface area (Å²) in [6.07, 6.45) is 0.851. The molecular formula is C14H22N2O2S. The minimum absolute atomic E-state index is 0.0895. The lowest BCUT2D eigenvalue weighted by molar-refractivity contribution is 0.496. The summed E-state index contributed by atoms with van der Waals surface area (Å²) < 4.78 is 23.1. The molecule has 0 bridgehead atoms. The zero-order valence-electron chi connectivity index (χ0n) is 11.6. The lowest BCUT2D eigenvalue weighted by Gasteiger charge is -2.27. The molecule has 1 atom stereocenters. The maximum Gasteiger partial charge on any atom is 0.153 e. The third-order valence-corrected chi connectivity index (χ3v) is 5.33. The summed E-state index contributed by atoms with van der Waals surface area (Å²) in [6.45, 7) is 3.51. The van der Waals surface area contributed by atoms with E-state index in [2.05, 4.69) is 41.4 Å². The number of hydrogen-bond acceptors (Lipinski definition) is 4. The van der Waals surface area contributed by atoms with Crippen molar-refractivity contribution in [3.8, 4) is 0 Å². The molecule has 0 amide bonds. The van der Waals surface area contributed by atoms with Gasteiger partial charge in [0, 0.05) is 31.9 Å². The second kappa shape index (κ2) is 5.92. The predicted octanol–water partition coefficient (Wildman–Crippen LogP) is 1.21. The largest absolute Gasteiger partial charge is 0.375 e. The van der Waals surface area contributed by atoms with Crippen LogP contribution in [-0.2, 0) is 9.84 Å². The van der Waals surface area contributed by atoms with Gasteiger partial charge < -0.3 is 10.2 Å². The van der Waals surface area contributed by atoms with E-state index in [4.69, 9.17) is 0 Å². The summed E-state index contributed by atoms with van der Waals surface area (Å²) in [7, 11) is -0.787. The number of hydrogen-bond donors (Lipinski definition) is 1. The van der Waals surface area contributed by atoms with E-state index in [1.54, 1.807) is 0 Å². The Bertz CT molecular complexity index is 511. The summed E-state index contributed by atoms with van der Waals surface area (Å²) in [5.74, 6) is 0.548. The lowest BCUT2D eigenvalue weighted by Crippen LogP contribution is -2.46. The highest BCUT2D eigenvalue weighted by Crippen LogP contribution is 2.14. The maximum atomic E-state index is 11.6. The Hall–Kier alpha value is -1.07. The van der Waals surface area contributed by atoms with Gasteiger partial charge in [-0.2, -0.15) is 0 Å². The molecule has 0 radical (unpaired) electrons. The lowest BCUT2D eigenvalue weighted by atomic mass is 10.2. The van der Waals surface area contributed by atoms with Crippen molar-refractivity contribution < 1.29 is 8.42 Å². The zero-order chi connectivity index (χ0) is 13.9. The summed E-state index contributed by atoms with van der Waals surface area (Å²) in [4.78, 5) is 2.17. The molecule has 1 heterocycles. The molecule has 1 fully saturated rings. The van der Waals surface area contributed by atoms with Gasteiger partial charge in [0.2, 0.25) is 0 Å². The highest BCUT2D eigenvalue weighted by molar-refractivity contribution is 7.91. The quantitative estimate of drug-likeness (QED) is 0.902. The Morgan fingerprint density at radius 3 is 2.63 bits per heavy atom. The highest BCUT2D eigenvalue weighted by Gasteiger charge is 2.24. The van der Waals surface area contributed by atoms with Gasteiger partial charge in [-0.15, -0.1) is 0 Å². The third kappa shape index (κ3) is 4.21. The van der Waals surface area contributed by atoms with E-state index in [1.165, 1.54) is 11.3 Å². The number of rotatable bonds is 4. The van der Waals surface area contributed by atoms with Crippen molar-refractivity contribution in [2.45, 2.75) is 19.4 Å². The van der Waals surface area contributed by atoms with Crippen LogP contribution in [0.3, 0.4) is 0 Å². The van der Waals surface area contributed by atoms with Gasteiger partial charge in [-0.3, -0.25) is 0 Å². The van der Waals surface area contributed by atoms with Gasteiger partial charge in [-0.25, -0.2) is 8.42 Å². The molecule has 2 rings (SSSR count). The number of nitrogens with zero attached hydrogens (tertiary/aromatic N) is 1. The van der Waals surface area contributed by atoms with E-state index in [0.717, 1.165) is 13.0 Å². The molecule has 5 heteroatoms. The first kappa shape index (κ1) is 14.3. The average molecular weight is 282 g/mol. The second-order valence-electron chi connectivity index (χ2n) is 5.31. The van der Waals surface area contributed by atoms with Gasteiger partial charge in [0.1, 0.15) is 0 Å². The molecule has 1 aromatic rings. The first-order chi connectivity index (χ1) is 8.96. The van der Waals surface area contributed by atoms with Gasteiger partial charge in [0.25, 0.3) is 0 Å². The molecule has 1 aliphatic rings. The van der Waals surface area contributed by atoms with Gasteiger partial charge >= 0.3 is 0 Å². The zero-order valence-corrected chi connectivity index (χ0v) is 12.4.